The van der Waals surface area contributed by atoms with Crippen molar-refractivity contribution < 1.29 is 4.79 Å². The number of hydrogen-bond donors (Lipinski definition) is 2. The van der Waals surface area contributed by atoms with Gasteiger partial charge in [-0.3, -0.25) is 4.79 Å². The highest BCUT2D eigenvalue weighted by molar-refractivity contribution is 5.95. The molecule has 2 aromatic carbocycles. The van der Waals surface area contributed by atoms with Crippen LogP contribution in [-0.2, 0) is 4.79 Å². The lowest BCUT2D eigenvalue weighted by atomic mass is 10.0. The highest BCUT2D eigenvalue weighted by Gasteiger charge is 2.39. The molecule has 31 heavy (non-hydrogen) atoms. The van der Waals surface area contributed by atoms with Crippen LogP contribution >= 0.6 is 0 Å². The fourth-order valence-corrected chi connectivity index (χ4v) is 5.11. The SMILES string of the molecule is O=C1CCCN1c1ccc(NCCN2CCC(N[C@@H]3C[C@H]3c3ccccc3)CC2)cc1. The molecule has 1 saturated carbocycles. The van der Waals surface area contributed by atoms with Crippen molar-refractivity contribution in [2.24, 2.45) is 0 Å². The van der Waals surface area contributed by atoms with Gasteiger partial charge in [-0.15, -0.1) is 0 Å². The lowest BCUT2D eigenvalue weighted by Crippen LogP contribution is -2.44. The van der Waals surface area contributed by atoms with Crippen LogP contribution in [0.5, 0.6) is 0 Å². The van der Waals surface area contributed by atoms with Gasteiger partial charge in [0.05, 0.1) is 0 Å². The highest BCUT2D eigenvalue weighted by atomic mass is 16.2. The van der Waals surface area contributed by atoms with Gasteiger partial charge in [0.25, 0.3) is 0 Å². The molecule has 0 bridgehead atoms. The summed E-state index contributed by atoms with van der Waals surface area (Å²) in [6, 6.07) is 20.6. The number of rotatable bonds is 8. The van der Waals surface area contributed by atoms with E-state index in [1.165, 1.54) is 37.9 Å². The summed E-state index contributed by atoms with van der Waals surface area (Å²) in [5, 5.41) is 7.44. The second kappa shape index (κ2) is 9.41. The lowest BCUT2D eigenvalue weighted by Gasteiger charge is -2.32. The van der Waals surface area contributed by atoms with E-state index in [9.17, 15) is 4.79 Å². The molecular weight excluding hydrogens is 384 g/mol. The Labute approximate surface area is 185 Å². The number of amides is 1. The predicted molar refractivity (Wildman–Crippen MR) is 127 cm³/mol. The van der Waals surface area contributed by atoms with Gasteiger partial charge in [-0.1, -0.05) is 30.3 Å². The van der Waals surface area contributed by atoms with Gasteiger partial charge in [0, 0.05) is 55.4 Å². The molecule has 0 radical (unpaired) electrons. The van der Waals surface area contributed by atoms with Gasteiger partial charge in [0.1, 0.15) is 0 Å². The van der Waals surface area contributed by atoms with Gasteiger partial charge in [-0.2, -0.15) is 0 Å². The molecule has 5 rings (SSSR count). The molecule has 1 aliphatic carbocycles. The molecule has 2 aromatic rings. The predicted octanol–water partition coefficient (Wildman–Crippen LogP) is 3.84. The summed E-state index contributed by atoms with van der Waals surface area (Å²) in [7, 11) is 0. The zero-order valence-corrected chi connectivity index (χ0v) is 18.3. The Morgan fingerprint density at radius 3 is 2.42 bits per heavy atom. The van der Waals surface area contributed by atoms with Crippen molar-refractivity contribution in [3.05, 3.63) is 60.2 Å². The van der Waals surface area contributed by atoms with Gasteiger partial charge < -0.3 is 20.4 Å². The maximum Gasteiger partial charge on any atom is 0.227 e. The maximum atomic E-state index is 11.9. The van der Waals surface area contributed by atoms with Crippen LogP contribution in [0.4, 0.5) is 11.4 Å². The molecule has 2 aliphatic heterocycles. The van der Waals surface area contributed by atoms with E-state index in [0.29, 0.717) is 18.5 Å². The minimum absolute atomic E-state index is 0.246. The van der Waals surface area contributed by atoms with E-state index in [-0.39, 0.29) is 5.91 Å². The Balaban J connectivity index is 0.992. The third-order valence-electron chi connectivity index (χ3n) is 7.07. The van der Waals surface area contributed by atoms with Gasteiger partial charge in [-0.05, 0) is 68.6 Å². The van der Waals surface area contributed by atoms with E-state index < -0.39 is 0 Å². The lowest BCUT2D eigenvalue weighted by molar-refractivity contribution is -0.117. The summed E-state index contributed by atoms with van der Waals surface area (Å²) in [5.41, 5.74) is 3.64. The summed E-state index contributed by atoms with van der Waals surface area (Å²) in [5.74, 6) is 0.967. The van der Waals surface area contributed by atoms with Crippen LogP contribution in [0.3, 0.4) is 0 Å². The first-order chi connectivity index (χ1) is 15.3. The molecule has 1 amide bonds. The Morgan fingerprint density at radius 2 is 1.71 bits per heavy atom. The molecular formula is C26H34N4O. The second-order valence-electron chi connectivity index (χ2n) is 9.26. The Hall–Kier alpha value is -2.37. The molecule has 164 valence electrons. The number of likely N-dealkylation sites (tertiary alicyclic amines) is 1. The van der Waals surface area contributed by atoms with Gasteiger partial charge in [0.2, 0.25) is 5.91 Å². The molecule has 2 saturated heterocycles. The van der Waals surface area contributed by atoms with Crippen molar-refractivity contribution >= 4 is 17.3 Å². The average molecular weight is 419 g/mol. The standard InChI is InChI=1S/C26H34N4O/c31-26-7-4-15-30(26)23-10-8-21(9-11-23)27-14-18-29-16-12-22(13-17-29)28-25-19-24(25)20-5-2-1-3-6-20/h1-3,5-6,8-11,22,24-25,27-28H,4,7,12-19H2/t24-,25+/m0/s1. The molecule has 2 atom stereocenters. The molecule has 5 nitrogen and oxygen atoms in total. The quantitative estimate of drug-likeness (QED) is 0.684. The number of anilines is 2. The number of carbonyl (C=O) groups is 1. The van der Waals surface area contributed by atoms with Gasteiger partial charge >= 0.3 is 0 Å². The van der Waals surface area contributed by atoms with Crippen LogP contribution < -0.4 is 15.5 Å². The van der Waals surface area contributed by atoms with Crippen molar-refractivity contribution in [3.63, 3.8) is 0 Å². The van der Waals surface area contributed by atoms with E-state index in [4.69, 9.17) is 0 Å². The van der Waals surface area contributed by atoms with Crippen molar-refractivity contribution in [2.45, 2.75) is 50.1 Å². The van der Waals surface area contributed by atoms with Crippen LogP contribution in [0.15, 0.2) is 54.6 Å². The third-order valence-corrected chi connectivity index (χ3v) is 7.07. The van der Waals surface area contributed by atoms with Crippen LogP contribution in [0.25, 0.3) is 0 Å². The smallest absolute Gasteiger partial charge is 0.227 e. The number of benzene rings is 2. The maximum absolute atomic E-state index is 11.9. The molecule has 2 N–H and O–H groups in total. The number of nitrogens with one attached hydrogen (secondary N) is 2. The van der Waals surface area contributed by atoms with Gasteiger partial charge in [-0.25, -0.2) is 0 Å². The third kappa shape index (κ3) is 5.10. The molecule has 3 fully saturated rings. The molecule has 0 unspecified atom stereocenters. The topological polar surface area (TPSA) is 47.6 Å². The zero-order valence-electron chi connectivity index (χ0n) is 18.3. The second-order valence-corrected chi connectivity index (χ2v) is 9.26. The van der Waals surface area contributed by atoms with Crippen molar-refractivity contribution in [1.82, 2.24) is 10.2 Å². The van der Waals surface area contributed by atoms with Gasteiger partial charge in [0.15, 0.2) is 0 Å². The molecule has 3 aliphatic rings. The summed E-state index contributed by atoms with van der Waals surface area (Å²) in [6.45, 7) is 5.24. The molecule has 0 aromatic heterocycles. The minimum atomic E-state index is 0.246. The van der Waals surface area contributed by atoms with Crippen LogP contribution in [0.2, 0.25) is 0 Å². The summed E-state index contributed by atoms with van der Waals surface area (Å²) >= 11 is 0. The van der Waals surface area contributed by atoms with Crippen LogP contribution in [0.1, 0.15) is 43.6 Å². The fraction of sp³-hybridized carbons (Fsp3) is 0.500. The monoisotopic (exact) mass is 418 g/mol. The van der Waals surface area contributed by atoms with Crippen LogP contribution in [-0.4, -0.2) is 55.6 Å². The number of nitrogens with zero attached hydrogens (tertiary/aromatic N) is 2. The zero-order chi connectivity index (χ0) is 21.0. The first kappa shape index (κ1) is 20.5. The van der Waals surface area contributed by atoms with E-state index in [0.717, 1.165) is 43.3 Å². The fourth-order valence-electron chi connectivity index (χ4n) is 5.11. The largest absolute Gasteiger partial charge is 0.384 e. The van der Waals surface area contributed by atoms with Crippen molar-refractivity contribution in [3.8, 4) is 0 Å². The molecule has 0 spiro atoms. The van der Waals surface area contributed by atoms with E-state index in [1.807, 2.05) is 4.90 Å². The Kier molecular flexibility index (Phi) is 6.23. The first-order valence-electron chi connectivity index (χ1n) is 11.9. The molecule has 2 heterocycles. The van der Waals surface area contributed by atoms with E-state index in [2.05, 4.69) is 70.1 Å². The Bertz CT molecular complexity index is 861. The normalized spacial score (nSPS) is 24.5. The van der Waals surface area contributed by atoms with Crippen molar-refractivity contribution in [1.29, 1.82) is 0 Å². The number of carbonyl (C=O) groups excluding carboxylic acids is 1. The number of piperidine rings is 1. The average Bonchev–Trinajstić information content (AvgIpc) is 3.45. The summed E-state index contributed by atoms with van der Waals surface area (Å²) in [4.78, 5) is 16.3. The first-order valence-corrected chi connectivity index (χ1v) is 11.9. The van der Waals surface area contributed by atoms with E-state index >= 15 is 0 Å². The summed E-state index contributed by atoms with van der Waals surface area (Å²) in [6.07, 6.45) is 5.44. The van der Waals surface area contributed by atoms with E-state index in [1.54, 1.807) is 0 Å². The minimum Gasteiger partial charge on any atom is -0.384 e. The number of hydrogen-bond acceptors (Lipinski definition) is 4. The molecule has 5 heteroatoms. The highest BCUT2D eigenvalue weighted by Crippen LogP contribution is 2.41. The summed E-state index contributed by atoms with van der Waals surface area (Å²) < 4.78 is 0. The Morgan fingerprint density at radius 1 is 0.935 bits per heavy atom. The van der Waals surface area contributed by atoms with Crippen LogP contribution in [0, 0.1) is 0 Å². The van der Waals surface area contributed by atoms with Crippen molar-refractivity contribution in [2.75, 3.05) is 42.9 Å².